The third-order valence-electron chi connectivity index (χ3n) is 4.12. The van der Waals surface area contributed by atoms with E-state index in [-0.39, 0.29) is 17.6 Å². The minimum atomic E-state index is -0.410. The number of nitro benzene ring substituents is 1. The molecular weight excluding hydrogens is 324 g/mol. The summed E-state index contributed by atoms with van der Waals surface area (Å²) in [5, 5.41) is 10.6. The summed E-state index contributed by atoms with van der Waals surface area (Å²) in [6.45, 7) is 2.07. The Bertz CT molecular complexity index is 761. The predicted octanol–water partition coefficient (Wildman–Crippen LogP) is 3.81. The minimum absolute atomic E-state index is 0.0855. The van der Waals surface area contributed by atoms with Crippen LogP contribution in [0.15, 0.2) is 48.5 Å². The molecule has 2 aromatic rings. The van der Waals surface area contributed by atoms with Crippen LogP contribution in [0, 0.1) is 10.1 Å². The fraction of sp³-hybridized carbons (Fsp3) is 0.278. The van der Waals surface area contributed by atoms with Gasteiger partial charge in [-0.05, 0) is 30.5 Å². The van der Waals surface area contributed by atoms with Crippen LogP contribution in [-0.2, 0) is 17.0 Å². The van der Waals surface area contributed by atoms with Gasteiger partial charge in [-0.3, -0.25) is 14.9 Å². The van der Waals surface area contributed by atoms with Gasteiger partial charge in [-0.2, -0.15) is 0 Å². The molecule has 0 saturated carbocycles. The van der Waals surface area contributed by atoms with Crippen molar-refractivity contribution < 1.29 is 9.72 Å². The number of anilines is 1. The molecule has 0 bridgehead atoms. The zero-order chi connectivity index (χ0) is 17.1. The fourth-order valence-corrected chi connectivity index (χ4v) is 3.83. The molecule has 6 heteroatoms. The number of para-hydroxylation sites is 1. The summed E-state index contributed by atoms with van der Waals surface area (Å²) in [4.78, 5) is 24.7. The van der Waals surface area contributed by atoms with Crippen molar-refractivity contribution in [2.75, 3.05) is 10.7 Å². The van der Waals surface area contributed by atoms with Gasteiger partial charge < -0.3 is 4.90 Å². The summed E-state index contributed by atoms with van der Waals surface area (Å²) in [6, 6.07) is 14.7. The van der Waals surface area contributed by atoms with Gasteiger partial charge in [-0.15, -0.1) is 11.8 Å². The molecule has 1 aliphatic rings. The van der Waals surface area contributed by atoms with Crippen LogP contribution in [0.25, 0.3) is 0 Å². The van der Waals surface area contributed by atoms with E-state index in [4.69, 9.17) is 0 Å². The quantitative estimate of drug-likeness (QED) is 0.612. The molecular formula is C18H18N2O3S. The summed E-state index contributed by atoms with van der Waals surface area (Å²) < 4.78 is 0. The van der Waals surface area contributed by atoms with Gasteiger partial charge in [0.2, 0.25) is 5.91 Å². The molecule has 0 radical (unpaired) electrons. The van der Waals surface area contributed by atoms with Crippen molar-refractivity contribution in [1.29, 1.82) is 0 Å². The van der Waals surface area contributed by atoms with E-state index in [1.165, 1.54) is 29.5 Å². The topological polar surface area (TPSA) is 63.5 Å². The lowest BCUT2D eigenvalue weighted by Crippen LogP contribution is -2.37. The van der Waals surface area contributed by atoms with Crippen molar-refractivity contribution in [3.8, 4) is 0 Å². The first-order valence-electron chi connectivity index (χ1n) is 7.77. The van der Waals surface area contributed by atoms with Gasteiger partial charge in [0.1, 0.15) is 0 Å². The number of non-ortho nitro benzene ring substituents is 1. The van der Waals surface area contributed by atoms with Gasteiger partial charge in [0.05, 0.1) is 10.7 Å². The van der Waals surface area contributed by atoms with Crippen molar-refractivity contribution in [3.05, 3.63) is 69.8 Å². The Labute approximate surface area is 144 Å². The first-order chi connectivity index (χ1) is 11.6. The molecule has 24 heavy (non-hydrogen) atoms. The molecule has 5 nitrogen and oxygen atoms in total. The number of amides is 1. The van der Waals surface area contributed by atoms with Crippen LogP contribution in [0.1, 0.15) is 18.1 Å². The molecule has 124 valence electrons. The summed E-state index contributed by atoms with van der Waals surface area (Å²) in [5.74, 6) is 1.17. The lowest BCUT2D eigenvalue weighted by molar-refractivity contribution is -0.384. The molecule has 2 aromatic carbocycles. The molecule has 0 N–H and O–H groups in total. The summed E-state index contributed by atoms with van der Waals surface area (Å²) in [7, 11) is 0. The number of carbonyl (C=O) groups excluding carboxylic acids is 1. The number of fused-ring (bicyclic) bond motifs is 1. The van der Waals surface area contributed by atoms with E-state index in [9.17, 15) is 14.9 Å². The highest BCUT2D eigenvalue weighted by Crippen LogP contribution is 2.32. The maximum absolute atomic E-state index is 12.6. The van der Waals surface area contributed by atoms with E-state index in [0.717, 1.165) is 17.7 Å². The van der Waals surface area contributed by atoms with Crippen molar-refractivity contribution in [3.63, 3.8) is 0 Å². The predicted molar refractivity (Wildman–Crippen MR) is 96.4 cm³/mol. The molecule has 0 aromatic heterocycles. The molecule has 0 spiro atoms. The summed E-state index contributed by atoms with van der Waals surface area (Å²) in [6.07, 6.45) is 0.898. The van der Waals surface area contributed by atoms with Crippen LogP contribution in [0.2, 0.25) is 0 Å². The zero-order valence-electron chi connectivity index (χ0n) is 13.3. The van der Waals surface area contributed by atoms with Crippen molar-refractivity contribution in [2.24, 2.45) is 0 Å². The van der Waals surface area contributed by atoms with Crippen LogP contribution in [0.3, 0.4) is 0 Å². The van der Waals surface area contributed by atoms with Gasteiger partial charge in [-0.1, -0.05) is 30.3 Å². The monoisotopic (exact) mass is 342 g/mol. The number of thioether (sulfide) groups is 1. The Balaban J connectivity index is 1.57. The highest BCUT2D eigenvalue weighted by Gasteiger charge is 2.30. The van der Waals surface area contributed by atoms with Gasteiger partial charge in [-0.25, -0.2) is 0 Å². The molecule has 1 aliphatic heterocycles. The lowest BCUT2D eigenvalue weighted by atomic mass is 10.1. The van der Waals surface area contributed by atoms with Gasteiger partial charge in [0, 0.05) is 29.6 Å². The largest absolute Gasteiger partial charge is 0.308 e. The van der Waals surface area contributed by atoms with Gasteiger partial charge >= 0.3 is 0 Å². The Kier molecular flexibility index (Phi) is 4.85. The summed E-state index contributed by atoms with van der Waals surface area (Å²) >= 11 is 1.53. The molecule has 1 heterocycles. The molecule has 1 amide bonds. The van der Waals surface area contributed by atoms with Crippen LogP contribution in [-0.4, -0.2) is 22.6 Å². The van der Waals surface area contributed by atoms with E-state index in [1.54, 1.807) is 12.1 Å². The van der Waals surface area contributed by atoms with Crippen LogP contribution in [0.5, 0.6) is 0 Å². The third kappa shape index (κ3) is 3.43. The first-order valence-corrected chi connectivity index (χ1v) is 8.93. The minimum Gasteiger partial charge on any atom is -0.308 e. The second kappa shape index (κ2) is 7.05. The Morgan fingerprint density at radius 2 is 1.96 bits per heavy atom. The van der Waals surface area contributed by atoms with E-state index < -0.39 is 4.92 Å². The average Bonchev–Trinajstić information content (AvgIpc) is 2.91. The lowest BCUT2D eigenvalue weighted by Gasteiger charge is -2.22. The number of rotatable bonds is 5. The third-order valence-corrected chi connectivity index (χ3v) is 5.11. The highest BCUT2D eigenvalue weighted by atomic mass is 32.2. The van der Waals surface area contributed by atoms with E-state index in [1.807, 2.05) is 23.1 Å². The van der Waals surface area contributed by atoms with E-state index in [0.29, 0.717) is 11.5 Å². The SMILES string of the molecule is CC1Cc2ccccc2N1C(=O)CSCc1ccc([N+](=O)[O-])cc1. The number of hydrogen-bond donors (Lipinski definition) is 0. The van der Waals surface area contributed by atoms with Crippen LogP contribution < -0.4 is 4.90 Å². The fourth-order valence-electron chi connectivity index (χ4n) is 2.99. The Morgan fingerprint density at radius 1 is 1.25 bits per heavy atom. The number of nitrogens with zero attached hydrogens (tertiary/aromatic N) is 2. The van der Waals surface area contributed by atoms with Crippen molar-refractivity contribution in [1.82, 2.24) is 0 Å². The second-order valence-electron chi connectivity index (χ2n) is 5.86. The highest BCUT2D eigenvalue weighted by molar-refractivity contribution is 7.99. The molecule has 1 atom stereocenters. The number of benzene rings is 2. The van der Waals surface area contributed by atoms with Gasteiger partial charge in [0.15, 0.2) is 0 Å². The average molecular weight is 342 g/mol. The molecule has 0 aliphatic carbocycles. The zero-order valence-corrected chi connectivity index (χ0v) is 14.2. The smallest absolute Gasteiger partial charge is 0.269 e. The Morgan fingerprint density at radius 3 is 2.67 bits per heavy atom. The standard InChI is InChI=1S/C18H18N2O3S/c1-13-10-15-4-2-3-5-17(15)19(13)18(21)12-24-11-14-6-8-16(9-7-14)20(22)23/h2-9,13H,10-12H2,1H3. The Hall–Kier alpha value is -2.34. The number of hydrogen-bond acceptors (Lipinski definition) is 4. The van der Waals surface area contributed by atoms with Crippen LogP contribution in [0.4, 0.5) is 11.4 Å². The van der Waals surface area contributed by atoms with Crippen molar-refractivity contribution >= 4 is 29.0 Å². The van der Waals surface area contributed by atoms with Crippen LogP contribution >= 0.6 is 11.8 Å². The second-order valence-corrected chi connectivity index (χ2v) is 6.85. The van der Waals surface area contributed by atoms with Gasteiger partial charge in [0.25, 0.3) is 5.69 Å². The first kappa shape index (κ1) is 16.5. The number of carbonyl (C=O) groups is 1. The maximum Gasteiger partial charge on any atom is 0.269 e. The molecule has 1 unspecified atom stereocenters. The molecule has 3 rings (SSSR count). The number of nitro groups is 1. The molecule has 0 fully saturated rings. The molecule has 0 saturated heterocycles. The van der Waals surface area contributed by atoms with E-state index >= 15 is 0 Å². The normalized spacial score (nSPS) is 16.0. The summed E-state index contributed by atoms with van der Waals surface area (Å²) in [5.41, 5.74) is 3.31. The van der Waals surface area contributed by atoms with E-state index in [2.05, 4.69) is 13.0 Å². The maximum atomic E-state index is 12.6. The van der Waals surface area contributed by atoms with Crippen molar-refractivity contribution in [2.45, 2.75) is 25.1 Å².